The first-order valence-electron chi connectivity index (χ1n) is 7.76. The second-order valence-corrected chi connectivity index (χ2v) is 5.63. The van der Waals surface area contributed by atoms with E-state index in [2.05, 4.69) is 4.98 Å². The van der Waals surface area contributed by atoms with Gasteiger partial charge in [-0.3, -0.25) is 0 Å². The smallest absolute Gasteiger partial charge is 0.161 e. The van der Waals surface area contributed by atoms with E-state index < -0.39 is 17.7 Å². The van der Waals surface area contributed by atoms with Gasteiger partial charge in [-0.15, -0.1) is 0 Å². The number of benzene rings is 2. The monoisotopic (exact) mass is 348 g/mol. The molecule has 132 valence electrons. The number of fused-ring (bicyclic) bond motifs is 1. The largest absolute Gasteiger partial charge is 0.496 e. The molecule has 2 aromatic carbocycles. The molecule has 0 radical (unpaired) electrons. The maximum Gasteiger partial charge on any atom is 0.161 e. The molecule has 3 aromatic rings. The van der Waals surface area contributed by atoms with Crippen LogP contribution < -0.4 is 4.74 Å². The van der Waals surface area contributed by atoms with Crippen LogP contribution in [0.1, 0.15) is 5.56 Å². The lowest BCUT2D eigenvalue weighted by atomic mass is 10.2. The van der Waals surface area contributed by atoms with Crippen LogP contribution in [-0.4, -0.2) is 34.5 Å². The van der Waals surface area contributed by atoms with Crippen LogP contribution in [0.5, 0.6) is 5.75 Å². The predicted molar refractivity (Wildman–Crippen MR) is 88.3 cm³/mol. The van der Waals surface area contributed by atoms with Crippen molar-refractivity contribution >= 4 is 11.0 Å². The molecule has 0 bridgehead atoms. The molecule has 1 aromatic heterocycles. The summed E-state index contributed by atoms with van der Waals surface area (Å²) in [5, 5.41) is 10.1. The van der Waals surface area contributed by atoms with E-state index in [0.29, 0.717) is 17.6 Å². The first-order chi connectivity index (χ1) is 12.1. The van der Waals surface area contributed by atoms with Gasteiger partial charge in [0.15, 0.2) is 11.6 Å². The second-order valence-electron chi connectivity index (χ2n) is 5.63. The highest BCUT2D eigenvalue weighted by atomic mass is 19.2. The zero-order chi connectivity index (χ0) is 17.8. The van der Waals surface area contributed by atoms with Crippen LogP contribution in [0.25, 0.3) is 11.0 Å². The molecule has 0 aliphatic heterocycles. The first-order valence-corrected chi connectivity index (χ1v) is 7.76. The summed E-state index contributed by atoms with van der Waals surface area (Å²) in [5.41, 5.74) is 1.63. The molecule has 0 saturated heterocycles. The van der Waals surface area contributed by atoms with Gasteiger partial charge in [0.05, 0.1) is 50.3 Å². The van der Waals surface area contributed by atoms with E-state index in [9.17, 15) is 13.9 Å². The van der Waals surface area contributed by atoms with Crippen LogP contribution >= 0.6 is 0 Å². The highest BCUT2D eigenvalue weighted by molar-refractivity contribution is 5.75. The fourth-order valence-corrected chi connectivity index (χ4v) is 2.61. The molecular formula is C18H18F2N2O3. The summed E-state index contributed by atoms with van der Waals surface area (Å²) in [6.45, 7) is 0.542. The minimum atomic E-state index is -0.948. The number of rotatable bonds is 7. The van der Waals surface area contributed by atoms with Crippen molar-refractivity contribution in [1.82, 2.24) is 9.55 Å². The van der Waals surface area contributed by atoms with E-state index in [-0.39, 0.29) is 13.2 Å². The Morgan fingerprint density at radius 1 is 1.20 bits per heavy atom. The third-order valence-electron chi connectivity index (χ3n) is 3.83. The third-order valence-corrected chi connectivity index (χ3v) is 3.83. The number of aliphatic hydroxyl groups excluding tert-OH is 1. The fourth-order valence-electron chi connectivity index (χ4n) is 2.61. The van der Waals surface area contributed by atoms with Crippen molar-refractivity contribution < 1.29 is 23.4 Å². The summed E-state index contributed by atoms with van der Waals surface area (Å²) in [6, 6.07) is 9.56. The highest BCUT2D eigenvalue weighted by Gasteiger charge is 2.12. The topological polar surface area (TPSA) is 56.5 Å². The van der Waals surface area contributed by atoms with Crippen molar-refractivity contribution in [2.45, 2.75) is 19.3 Å². The standard InChI is InChI=1S/C18H18F2N2O3/c1-24-18-5-3-2-4-12(18)9-25-10-13(23)8-22-11-21-16-6-14(19)15(20)7-17(16)22/h2-7,11,13,23H,8-10H2,1H3/t13-/m1/s1. The van der Waals surface area contributed by atoms with Gasteiger partial charge >= 0.3 is 0 Å². The van der Waals surface area contributed by atoms with Crippen LogP contribution in [0.15, 0.2) is 42.7 Å². The number of imidazole rings is 1. The second kappa shape index (κ2) is 7.58. The number of hydrogen-bond donors (Lipinski definition) is 1. The van der Waals surface area contributed by atoms with Crippen molar-refractivity contribution in [3.8, 4) is 5.75 Å². The zero-order valence-corrected chi connectivity index (χ0v) is 13.7. The number of ether oxygens (including phenoxy) is 2. The van der Waals surface area contributed by atoms with Crippen LogP contribution in [-0.2, 0) is 17.9 Å². The van der Waals surface area contributed by atoms with E-state index in [1.807, 2.05) is 24.3 Å². The van der Waals surface area contributed by atoms with Gasteiger partial charge in [-0.05, 0) is 6.07 Å². The fraction of sp³-hybridized carbons (Fsp3) is 0.278. The summed E-state index contributed by atoms with van der Waals surface area (Å²) >= 11 is 0. The van der Waals surface area contributed by atoms with Gasteiger partial charge in [0.1, 0.15) is 5.75 Å². The number of para-hydroxylation sites is 1. The molecule has 0 aliphatic carbocycles. The maximum absolute atomic E-state index is 13.4. The van der Waals surface area contributed by atoms with Gasteiger partial charge in [0.2, 0.25) is 0 Å². The molecule has 1 heterocycles. The number of aromatic nitrogens is 2. The lowest BCUT2D eigenvalue weighted by Gasteiger charge is -2.14. The summed E-state index contributed by atoms with van der Waals surface area (Å²) < 4.78 is 38.9. The molecule has 3 rings (SSSR count). The first kappa shape index (κ1) is 17.3. The summed E-state index contributed by atoms with van der Waals surface area (Å²) in [5.74, 6) is -1.18. The lowest BCUT2D eigenvalue weighted by Crippen LogP contribution is -2.21. The SMILES string of the molecule is COc1ccccc1COC[C@H](O)Cn1cnc2cc(F)c(F)cc21. The van der Waals surface area contributed by atoms with Crippen molar-refractivity contribution in [2.75, 3.05) is 13.7 Å². The van der Waals surface area contributed by atoms with Crippen LogP contribution in [0, 0.1) is 11.6 Å². The van der Waals surface area contributed by atoms with Crippen LogP contribution in [0.3, 0.4) is 0 Å². The van der Waals surface area contributed by atoms with E-state index >= 15 is 0 Å². The van der Waals surface area contributed by atoms with Crippen molar-refractivity contribution in [3.63, 3.8) is 0 Å². The molecule has 5 nitrogen and oxygen atoms in total. The third kappa shape index (κ3) is 3.94. The van der Waals surface area contributed by atoms with E-state index in [4.69, 9.17) is 9.47 Å². The molecule has 0 saturated carbocycles. The molecule has 25 heavy (non-hydrogen) atoms. The van der Waals surface area contributed by atoms with Crippen molar-refractivity contribution in [2.24, 2.45) is 0 Å². The minimum Gasteiger partial charge on any atom is -0.496 e. The van der Waals surface area contributed by atoms with Gasteiger partial charge in [0, 0.05) is 17.7 Å². The minimum absolute atomic E-state index is 0.0847. The van der Waals surface area contributed by atoms with Crippen molar-refractivity contribution in [1.29, 1.82) is 0 Å². The number of nitrogens with zero attached hydrogens (tertiary/aromatic N) is 2. The molecule has 0 aliphatic rings. The highest BCUT2D eigenvalue weighted by Crippen LogP contribution is 2.19. The zero-order valence-electron chi connectivity index (χ0n) is 13.7. The average Bonchev–Trinajstić information content (AvgIpc) is 2.97. The van der Waals surface area contributed by atoms with Crippen LogP contribution in [0.2, 0.25) is 0 Å². The summed E-state index contributed by atoms with van der Waals surface area (Å²) in [6.07, 6.45) is 0.618. The van der Waals surface area contributed by atoms with Crippen molar-refractivity contribution in [3.05, 3.63) is 59.9 Å². The summed E-state index contributed by atoms with van der Waals surface area (Å²) in [4.78, 5) is 4.01. The van der Waals surface area contributed by atoms with Gasteiger partial charge in [-0.25, -0.2) is 13.8 Å². The number of hydrogen-bond acceptors (Lipinski definition) is 4. The van der Waals surface area contributed by atoms with Gasteiger partial charge < -0.3 is 19.1 Å². The van der Waals surface area contributed by atoms with Gasteiger partial charge in [-0.2, -0.15) is 0 Å². The predicted octanol–water partition coefficient (Wildman–Crippen LogP) is 2.90. The van der Waals surface area contributed by atoms with Crippen LogP contribution in [0.4, 0.5) is 8.78 Å². The average molecular weight is 348 g/mol. The molecule has 0 spiro atoms. The maximum atomic E-state index is 13.4. The molecule has 0 amide bonds. The lowest BCUT2D eigenvalue weighted by molar-refractivity contribution is 0.0202. The molecule has 7 heteroatoms. The van der Waals surface area contributed by atoms with E-state index in [0.717, 1.165) is 23.4 Å². The van der Waals surface area contributed by atoms with E-state index in [1.54, 1.807) is 11.7 Å². The molecule has 1 atom stereocenters. The molecule has 0 unspecified atom stereocenters. The normalized spacial score (nSPS) is 12.5. The number of methoxy groups -OCH3 is 1. The Morgan fingerprint density at radius 3 is 2.76 bits per heavy atom. The Hall–Kier alpha value is -2.51. The molecule has 1 N–H and O–H groups in total. The van der Waals surface area contributed by atoms with Gasteiger partial charge in [-0.1, -0.05) is 18.2 Å². The number of halogens is 2. The molecule has 0 fully saturated rings. The Morgan fingerprint density at radius 2 is 1.96 bits per heavy atom. The van der Waals surface area contributed by atoms with E-state index in [1.165, 1.54) is 6.33 Å². The Balaban J connectivity index is 1.59. The Labute approximate surface area is 143 Å². The van der Waals surface area contributed by atoms with Gasteiger partial charge in [0.25, 0.3) is 0 Å². The Kier molecular flexibility index (Phi) is 5.25. The Bertz CT molecular complexity index is 867. The number of aliphatic hydroxyl groups is 1. The molecular weight excluding hydrogens is 330 g/mol. The quantitative estimate of drug-likeness (QED) is 0.713. The summed E-state index contributed by atoms with van der Waals surface area (Å²) in [7, 11) is 1.58.